The van der Waals surface area contributed by atoms with Crippen LogP contribution in [-0.2, 0) is 4.79 Å². The minimum Gasteiger partial charge on any atom is -0.494 e. The number of ether oxygens (including phenoxy) is 1. The van der Waals surface area contributed by atoms with Crippen molar-refractivity contribution in [3.05, 3.63) is 18.2 Å². The molecular weight excluding hydrogens is 272 g/mol. The molecule has 0 unspecified atom stereocenters. The number of fused-ring (bicyclic) bond motifs is 1. The molecule has 1 aromatic carbocycles. The summed E-state index contributed by atoms with van der Waals surface area (Å²) in [7, 11) is 0. The molecule has 0 aliphatic rings. The van der Waals surface area contributed by atoms with Gasteiger partial charge in [-0.2, -0.15) is 0 Å². The molecule has 0 radical (unpaired) electrons. The highest BCUT2D eigenvalue weighted by Gasteiger charge is 2.16. The van der Waals surface area contributed by atoms with Crippen molar-refractivity contribution in [1.29, 1.82) is 0 Å². The van der Waals surface area contributed by atoms with E-state index < -0.39 is 0 Å². The molecule has 0 fully saturated rings. The van der Waals surface area contributed by atoms with E-state index in [0.717, 1.165) is 28.8 Å². The van der Waals surface area contributed by atoms with Gasteiger partial charge in [-0.25, -0.2) is 4.98 Å². The molecule has 0 saturated carbocycles. The van der Waals surface area contributed by atoms with Gasteiger partial charge in [0, 0.05) is 5.92 Å². The third-order valence-electron chi connectivity index (χ3n) is 3.26. The minimum atomic E-state index is 0.0547. The highest BCUT2D eigenvalue weighted by molar-refractivity contribution is 7.22. The maximum absolute atomic E-state index is 12.1. The predicted molar refractivity (Wildman–Crippen MR) is 83.5 cm³/mol. The summed E-state index contributed by atoms with van der Waals surface area (Å²) in [6, 6.07) is 5.78. The third kappa shape index (κ3) is 3.28. The lowest BCUT2D eigenvalue weighted by atomic mass is 10.0. The average Bonchev–Trinajstić information content (AvgIpc) is 2.82. The minimum absolute atomic E-state index is 0.0547. The van der Waals surface area contributed by atoms with E-state index in [1.807, 2.05) is 39.0 Å². The van der Waals surface area contributed by atoms with Gasteiger partial charge in [-0.15, -0.1) is 0 Å². The van der Waals surface area contributed by atoms with Crippen LogP contribution in [0, 0.1) is 5.92 Å². The van der Waals surface area contributed by atoms with E-state index in [4.69, 9.17) is 4.74 Å². The van der Waals surface area contributed by atoms with Gasteiger partial charge in [0.05, 0.1) is 16.8 Å². The van der Waals surface area contributed by atoms with Crippen molar-refractivity contribution in [1.82, 2.24) is 4.98 Å². The highest BCUT2D eigenvalue weighted by atomic mass is 32.1. The number of benzene rings is 1. The molecule has 0 atom stereocenters. The second-order valence-corrected chi connectivity index (χ2v) is 5.61. The van der Waals surface area contributed by atoms with E-state index in [1.165, 1.54) is 11.3 Å². The van der Waals surface area contributed by atoms with Crippen LogP contribution in [0.1, 0.15) is 33.6 Å². The van der Waals surface area contributed by atoms with Gasteiger partial charge in [-0.1, -0.05) is 25.2 Å². The van der Waals surface area contributed by atoms with Gasteiger partial charge < -0.3 is 10.1 Å². The fourth-order valence-corrected chi connectivity index (χ4v) is 2.98. The smallest absolute Gasteiger partial charge is 0.229 e. The Balaban J connectivity index is 2.17. The SMILES string of the molecule is CCOc1ccc2nc(NC(=O)C(CC)CC)sc2c1. The molecule has 1 N–H and O–H groups in total. The number of hydrogen-bond donors (Lipinski definition) is 1. The van der Waals surface area contributed by atoms with E-state index in [9.17, 15) is 4.79 Å². The van der Waals surface area contributed by atoms with Gasteiger partial charge >= 0.3 is 0 Å². The van der Waals surface area contributed by atoms with Gasteiger partial charge in [-0.05, 0) is 38.0 Å². The molecule has 2 aromatic rings. The van der Waals surface area contributed by atoms with Crippen molar-refractivity contribution in [3.63, 3.8) is 0 Å². The number of amides is 1. The second-order valence-electron chi connectivity index (χ2n) is 4.58. The van der Waals surface area contributed by atoms with Crippen molar-refractivity contribution in [3.8, 4) is 5.75 Å². The zero-order valence-corrected chi connectivity index (χ0v) is 12.9. The summed E-state index contributed by atoms with van der Waals surface area (Å²) in [5.74, 6) is 0.946. The first kappa shape index (κ1) is 14.8. The Labute approximate surface area is 123 Å². The molecule has 0 spiro atoms. The molecule has 2 rings (SSSR count). The number of nitrogens with zero attached hydrogens (tertiary/aromatic N) is 1. The second kappa shape index (κ2) is 6.70. The fraction of sp³-hybridized carbons (Fsp3) is 0.467. The Morgan fingerprint density at radius 1 is 1.35 bits per heavy atom. The van der Waals surface area contributed by atoms with Crippen molar-refractivity contribution in [2.75, 3.05) is 11.9 Å². The molecule has 20 heavy (non-hydrogen) atoms. The number of rotatable bonds is 6. The summed E-state index contributed by atoms with van der Waals surface area (Å²) in [6.45, 7) is 6.65. The lowest BCUT2D eigenvalue weighted by molar-refractivity contribution is -0.120. The van der Waals surface area contributed by atoms with Crippen LogP contribution in [-0.4, -0.2) is 17.5 Å². The molecule has 5 heteroatoms. The zero-order chi connectivity index (χ0) is 14.5. The van der Waals surface area contributed by atoms with Crippen LogP contribution in [0.4, 0.5) is 5.13 Å². The van der Waals surface area contributed by atoms with Crippen molar-refractivity contribution in [2.45, 2.75) is 33.6 Å². The Bertz CT molecular complexity index is 591. The van der Waals surface area contributed by atoms with Crippen LogP contribution in [0.3, 0.4) is 0 Å². The number of carbonyl (C=O) groups is 1. The summed E-state index contributed by atoms with van der Waals surface area (Å²) < 4.78 is 6.49. The molecule has 1 heterocycles. The molecule has 0 aliphatic heterocycles. The molecule has 1 aromatic heterocycles. The lowest BCUT2D eigenvalue weighted by Gasteiger charge is -2.10. The van der Waals surface area contributed by atoms with Gasteiger partial charge in [0.15, 0.2) is 5.13 Å². The van der Waals surface area contributed by atoms with Crippen LogP contribution in [0.25, 0.3) is 10.2 Å². The van der Waals surface area contributed by atoms with Crippen LogP contribution in [0.15, 0.2) is 18.2 Å². The molecular formula is C15H20N2O2S. The maximum atomic E-state index is 12.1. The number of nitrogens with one attached hydrogen (secondary N) is 1. The van der Waals surface area contributed by atoms with E-state index in [2.05, 4.69) is 10.3 Å². The van der Waals surface area contributed by atoms with Crippen LogP contribution in [0.5, 0.6) is 5.75 Å². The Morgan fingerprint density at radius 3 is 2.75 bits per heavy atom. The van der Waals surface area contributed by atoms with Gasteiger partial charge in [0.25, 0.3) is 0 Å². The molecule has 108 valence electrons. The third-order valence-corrected chi connectivity index (χ3v) is 4.19. The van der Waals surface area contributed by atoms with Crippen LogP contribution >= 0.6 is 11.3 Å². The van der Waals surface area contributed by atoms with Gasteiger partial charge in [-0.3, -0.25) is 4.79 Å². The Kier molecular flexibility index (Phi) is 4.95. The lowest BCUT2D eigenvalue weighted by Crippen LogP contribution is -2.21. The molecule has 4 nitrogen and oxygen atoms in total. The van der Waals surface area contributed by atoms with Crippen LogP contribution < -0.4 is 10.1 Å². The largest absolute Gasteiger partial charge is 0.494 e. The summed E-state index contributed by atoms with van der Waals surface area (Å²) in [4.78, 5) is 16.5. The summed E-state index contributed by atoms with van der Waals surface area (Å²) >= 11 is 1.48. The number of hydrogen-bond acceptors (Lipinski definition) is 4. The topological polar surface area (TPSA) is 51.2 Å². The number of anilines is 1. The van der Waals surface area contributed by atoms with E-state index >= 15 is 0 Å². The number of aromatic nitrogens is 1. The van der Waals surface area contributed by atoms with Crippen molar-refractivity contribution >= 4 is 32.6 Å². The number of carbonyl (C=O) groups excluding carboxylic acids is 1. The normalized spacial score (nSPS) is 11.0. The van der Waals surface area contributed by atoms with E-state index in [1.54, 1.807) is 0 Å². The summed E-state index contributed by atoms with van der Waals surface area (Å²) in [5, 5.41) is 3.57. The standard InChI is InChI=1S/C15H20N2O2S/c1-4-10(5-2)14(18)17-15-16-12-8-7-11(19-6-3)9-13(12)20-15/h7-10H,4-6H2,1-3H3,(H,16,17,18). The maximum Gasteiger partial charge on any atom is 0.229 e. The summed E-state index contributed by atoms with van der Waals surface area (Å²) in [6.07, 6.45) is 1.70. The first-order chi connectivity index (χ1) is 9.67. The first-order valence-corrected chi connectivity index (χ1v) is 7.83. The quantitative estimate of drug-likeness (QED) is 0.873. The first-order valence-electron chi connectivity index (χ1n) is 7.02. The zero-order valence-electron chi connectivity index (χ0n) is 12.1. The van der Waals surface area contributed by atoms with Crippen molar-refractivity contribution < 1.29 is 9.53 Å². The van der Waals surface area contributed by atoms with Crippen molar-refractivity contribution in [2.24, 2.45) is 5.92 Å². The van der Waals surface area contributed by atoms with E-state index in [-0.39, 0.29) is 11.8 Å². The van der Waals surface area contributed by atoms with Crippen LogP contribution in [0.2, 0.25) is 0 Å². The molecule has 1 amide bonds. The monoisotopic (exact) mass is 292 g/mol. The van der Waals surface area contributed by atoms with Gasteiger partial charge in [0.1, 0.15) is 5.75 Å². The highest BCUT2D eigenvalue weighted by Crippen LogP contribution is 2.29. The average molecular weight is 292 g/mol. The Morgan fingerprint density at radius 2 is 2.10 bits per heavy atom. The summed E-state index contributed by atoms with van der Waals surface area (Å²) in [5.41, 5.74) is 0.887. The Hall–Kier alpha value is -1.62. The molecule has 0 bridgehead atoms. The fourth-order valence-electron chi connectivity index (χ4n) is 2.08. The van der Waals surface area contributed by atoms with E-state index in [0.29, 0.717) is 11.7 Å². The van der Waals surface area contributed by atoms with Gasteiger partial charge in [0.2, 0.25) is 5.91 Å². The number of thiazole rings is 1. The molecule has 0 saturated heterocycles. The molecule has 0 aliphatic carbocycles. The predicted octanol–water partition coefficient (Wildman–Crippen LogP) is 4.07.